The summed E-state index contributed by atoms with van der Waals surface area (Å²) >= 11 is 0. The van der Waals surface area contributed by atoms with E-state index in [2.05, 4.69) is 30.6 Å². The van der Waals surface area contributed by atoms with Crippen molar-refractivity contribution in [2.75, 3.05) is 26.9 Å². The van der Waals surface area contributed by atoms with E-state index in [1.807, 2.05) is 0 Å². The van der Waals surface area contributed by atoms with Crippen LogP contribution < -0.4 is 10.1 Å². The number of nitrogens with one attached hydrogen (secondary N) is 1. The smallest absolute Gasteiger partial charge is 0.127 e. The Kier molecular flexibility index (Phi) is 3.52. The van der Waals surface area contributed by atoms with Gasteiger partial charge in [0.25, 0.3) is 0 Å². The minimum absolute atomic E-state index is 0.391. The van der Waals surface area contributed by atoms with Gasteiger partial charge in [0, 0.05) is 31.2 Å². The van der Waals surface area contributed by atoms with Crippen LogP contribution in [-0.4, -0.2) is 26.9 Å². The second-order valence-corrected chi connectivity index (χ2v) is 5.15. The zero-order valence-corrected chi connectivity index (χ0v) is 10.9. The number of para-hydroxylation sites is 1. The standard InChI is InChI=1S/C15H21NO2/c1-16-14(11-5-8-17-9-6-11)13-4-2-3-12-7-10-18-15(12)13/h2-4,11,14,16H,5-10H2,1H3. The second-order valence-electron chi connectivity index (χ2n) is 5.15. The van der Waals surface area contributed by atoms with Crippen molar-refractivity contribution >= 4 is 0 Å². The maximum Gasteiger partial charge on any atom is 0.127 e. The summed E-state index contributed by atoms with van der Waals surface area (Å²) < 4.78 is 11.3. The fraction of sp³-hybridized carbons (Fsp3) is 0.600. The number of benzene rings is 1. The maximum atomic E-state index is 5.83. The summed E-state index contributed by atoms with van der Waals surface area (Å²) in [4.78, 5) is 0. The first-order valence-corrected chi connectivity index (χ1v) is 6.89. The fourth-order valence-electron chi connectivity index (χ4n) is 3.18. The molecule has 0 bridgehead atoms. The Labute approximate surface area is 108 Å². The first kappa shape index (κ1) is 12.0. The Hall–Kier alpha value is -1.06. The number of ether oxygens (including phenoxy) is 2. The normalized spacial score (nSPS) is 21.4. The van der Waals surface area contributed by atoms with Crippen LogP contribution in [0.15, 0.2) is 18.2 Å². The van der Waals surface area contributed by atoms with E-state index in [0.29, 0.717) is 12.0 Å². The van der Waals surface area contributed by atoms with E-state index in [4.69, 9.17) is 9.47 Å². The molecular formula is C15H21NO2. The van der Waals surface area contributed by atoms with E-state index in [0.717, 1.165) is 44.8 Å². The molecule has 1 fully saturated rings. The highest BCUT2D eigenvalue weighted by Crippen LogP contribution is 2.38. The van der Waals surface area contributed by atoms with E-state index in [9.17, 15) is 0 Å². The Balaban J connectivity index is 1.89. The molecule has 1 aromatic rings. The lowest BCUT2D eigenvalue weighted by molar-refractivity contribution is 0.0543. The van der Waals surface area contributed by atoms with E-state index >= 15 is 0 Å². The summed E-state index contributed by atoms with van der Waals surface area (Å²) in [6, 6.07) is 6.94. The van der Waals surface area contributed by atoms with Crippen molar-refractivity contribution in [3.05, 3.63) is 29.3 Å². The summed E-state index contributed by atoms with van der Waals surface area (Å²) in [6.45, 7) is 2.61. The largest absolute Gasteiger partial charge is 0.493 e. The second kappa shape index (κ2) is 5.29. The van der Waals surface area contributed by atoms with Gasteiger partial charge >= 0.3 is 0 Å². The van der Waals surface area contributed by atoms with Gasteiger partial charge in [0.15, 0.2) is 0 Å². The van der Waals surface area contributed by atoms with Crippen LogP contribution in [0, 0.1) is 5.92 Å². The molecule has 3 heteroatoms. The molecule has 2 aliphatic heterocycles. The molecule has 1 N–H and O–H groups in total. The lowest BCUT2D eigenvalue weighted by Crippen LogP contribution is -2.30. The molecule has 3 nitrogen and oxygen atoms in total. The third kappa shape index (κ3) is 2.13. The SMILES string of the molecule is CNC(c1cccc2c1OCC2)C1CCOCC1. The molecule has 1 unspecified atom stereocenters. The van der Waals surface area contributed by atoms with Crippen LogP contribution in [0.25, 0.3) is 0 Å². The molecule has 0 radical (unpaired) electrons. The van der Waals surface area contributed by atoms with Gasteiger partial charge in [0.2, 0.25) is 0 Å². The molecule has 18 heavy (non-hydrogen) atoms. The molecule has 0 spiro atoms. The van der Waals surface area contributed by atoms with E-state index < -0.39 is 0 Å². The summed E-state index contributed by atoms with van der Waals surface area (Å²) in [5, 5.41) is 3.48. The van der Waals surface area contributed by atoms with Gasteiger partial charge in [0.1, 0.15) is 5.75 Å². The van der Waals surface area contributed by atoms with Crippen molar-refractivity contribution in [3.8, 4) is 5.75 Å². The monoisotopic (exact) mass is 247 g/mol. The molecule has 0 amide bonds. The molecule has 2 aliphatic rings. The predicted octanol–water partition coefficient (Wildman–Crippen LogP) is 2.31. The van der Waals surface area contributed by atoms with Gasteiger partial charge in [-0.3, -0.25) is 0 Å². The Bertz CT molecular complexity index is 413. The van der Waals surface area contributed by atoms with Gasteiger partial charge in [-0.05, 0) is 31.4 Å². The van der Waals surface area contributed by atoms with Gasteiger partial charge in [-0.25, -0.2) is 0 Å². The van der Waals surface area contributed by atoms with Gasteiger partial charge < -0.3 is 14.8 Å². The Morgan fingerprint density at radius 1 is 1.22 bits per heavy atom. The molecule has 0 aromatic heterocycles. The minimum Gasteiger partial charge on any atom is -0.493 e. The van der Waals surface area contributed by atoms with Gasteiger partial charge in [-0.15, -0.1) is 0 Å². The summed E-state index contributed by atoms with van der Waals surface area (Å²) in [7, 11) is 2.05. The minimum atomic E-state index is 0.391. The van der Waals surface area contributed by atoms with Gasteiger partial charge in [0.05, 0.1) is 6.61 Å². The van der Waals surface area contributed by atoms with Gasteiger partial charge in [-0.2, -0.15) is 0 Å². The molecule has 1 aromatic carbocycles. The van der Waals surface area contributed by atoms with Crippen LogP contribution in [0.4, 0.5) is 0 Å². The molecule has 3 rings (SSSR count). The van der Waals surface area contributed by atoms with Crippen molar-refractivity contribution in [2.24, 2.45) is 5.92 Å². The highest BCUT2D eigenvalue weighted by molar-refractivity contribution is 5.45. The molecule has 1 atom stereocenters. The molecular weight excluding hydrogens is 226 g/mol. The van der Waals surface area contributed by atoms with Crippen LogP contribution in [0.3, 0.4) is 0 Å². The number of hydrogen-bond donors (Lipinski definition) is 1. The first-order chi connectivity index (χ1) is 8.90. The average molecular weight is 247 g/mol. The lowest BCUT2D eigenvalue weighted by atomic mass is 9.86. The topological polar surface area (TPSA) is 30.5 Å². The van der Waals surface area contributed by atoms with Crippen molar-refractivity contribution in [2.45, 2.75) is 25.3 Å². The predicted molar refractivity (Wildman–Crippen MR) is 71.0 cm³/mol. The fourth-order valence-corrected chi connectivity index (χ4v) is 3.18. The quantitative estimate of drug-likeness (QED) is 0.889. The van der Waals surface area contributed by atoms with Crippen LogP contribution in [0.5, 0.6) is 5.75 Å². The highest BCUT2D eigenvalue weighted by Gasteiger charge is 2.28. The van der Waals surface area contributed by atoms with Crippen LogP contribution in [-0.2, 0) is 11.2 Å². The van der Waals surface area contributed by atoms with E-state index in [1.54, 1.807) is 0 Å². The van der Waals surface area contributed by atoms with E-state index in [-0.39, 0.29) is 0 Å². The van der Waals surface area contributed by atoms with Crippen molar-refractivity contribution < 1.29 is 9.47 Å². The Morgan fingerprint density at radius 2 is 2.06 bits per heavy atom. The zero-order valence-electron chi connectivity index (χ0n) is 10.9. The summed E-state index contributed by atoms with van der Waals surface area (Å²) in [5.41, 5.74) is 2.69. The third-order valence-corrected chi connectivity index (χ3v) is 4.13. The number of hydrogen-bond acceptors (Lipinski definition) is 3. The van der Waals surface area contributed by atoms with Crippen LogP contribution in [0.1, 0.15) is 30.0 Å². The van der Waals surface area contributed by atoms with Crippen molar-refractivity contribution in [1.29, 1.82) is 0 Å². The number of fused-ring (bicyclic) bond motifs is 1. The molecule has 0 aliphatic carbocycles. The highest BCUT2D eigenvalue weighted by atomic mass is 16.5. The maximum absolute atomic E-state index is 5.83. The molecule has 1 saturated heterocycles. The summed E-state index contributed by atoms with van der Waals surface area (Å²) in [5.74, 6) is 1.78. The van der Waals surface area contributed by atoms with Crippen molar-refractivity contribution in [3.63, 3.8) is 0 Å². The zero-order chi connectivity index (χ0) is 12.4. The average Bonchev–Trinajstić information content (AvgIpc) is 2.90. The summed E-state index contributed by atoms with van der Waals surface area (Å²) in [6.07, 6.45) is 3.32. The molecule has 98 valence electrons. The molecule has 2 heterocycles. The Morgan fingerprint density at radius 3 is 2.83 bits per heavy atom. The van der Waals surface area contributed by atoms with Crippen LogP contribution >= 0.6 is 0 Å². The number of rotatable bonds is 3. The third-order valence-electron chi connectivity index (χ3n) is 4.13. The molecule has 0 saturated carbocycles. The first-order valence-electron chi connectivity index (χ1n) is 6.89. The van der Waals surface area contributed by atoms with Crippen LogP contribution in [0.2, 0.25) is 0 Å². The van der Waals surface area contributed by atoms with Crippen molar-refractivity contribution in [1.82, 2.24) is 5.32 Å². The lowest BCUT2D eigenvalue weighted by Gasteiger charge is -2.31. The van der Waals surface area contributed by atoms with Gasteiger partial charge in [-0.1, -0.05) is 18.2 Å². The van der Waals surface area contributed by atoms with E-state index in [1.165, 1.54) is 11.1 Å².